The summed E-state index contributed by atoms with van der Waals surface area (Å²) in [5.74, 6) is -2.59. The van der Waals surface area contributed by atoms with Crippen LogP contribution in [0.1, 0.15) is 11.1 Å². The molecule has 2 rings (SSSR count). The molecular weight excluding hydrogens is 270 g/mol. The Hall–Kier alpha value is -2.95. The lowest BCUT2D eigenvalue weighted by Gasteiger charge is -2.01. The second-order valence-corrected chi connectivity index (χ2v) is 4.45. The van der Waals surface area contributed by atoms with Gasteiger partial charge in [0.2, 0.25) is 0 Å². The first-order valence-electron chi connectivity index (χ1n) is 6.28. The van der Waals surface area contributed by atoms with Gasteiger partial charge in [0.25, 0.3) is 0 Å². The van der Waals surface area contributed by atoms with Gasteiger partial charge in [0.1, 0.15) is 6.08 Å². The quantitative estimate of drug-likeness (QED) is 0.645. The zero-order chi connectivity index (χ0) is 15.2. The lowest BCUT2D eigenvalue weighted by Crippen LogP contribution is -2.36. The van der Waals surface area contributed by atoms with Crippen molar-refractivity contribution in [3.05, 3.63) is 72.1 Å². The van der Waals surface area contributed by atoms with Crippen molar-refractivity contribution >= 4 is 17.6 Å². The molecule has 1 aromatic carbocycles. The maximum absolute atomic E-state index is 11.1. The van der Waals surface area contributed by atoms with Crippen molar-refractivity contribution in [2.24, 2.45) is 0 Å². The van der Waals surface area contributed by atoms with Crippen molar-refractivity contribution in [1.82, 2.24) is 0 Å². The third kappa shape index (κ3) is 4.01. The van der Waals surface area contributed by atoms with Crippen molar-refractivity contribution < 1.29 is 24.4 Å². The number of hydrogen-bond donors (Lipinski definition) is 2. The molecule has 0 unspecified atom stereocenters. The van der Waals surface area contributed by atoms with Crippen molar-refractivity contribution in [3.63, 3.8) is 0 Å². The molecule has 0 bridgehead atoms. The van der Waals surface area contributed by atoms with Crippen LogP contribution >= 0.6 is 0 Å². The van der Waals surface area contributed by atoms with Gasteiger partial charge in [0.15, 0.2) is 12.4 Å². The van der Waals surface area contributed by atoms with Gasteiger partial charge in [-0.25, -0.2) is 9.59 Å². The van der Waals surface area contributed by atoms with E-state index in [1.807, 2.05) is 30.3 Å². The highest BCUT2D eigenvalue weighted by Gasteiger charge is 2.20. The summed E-state index contributed by atoms with van der Waals surface area (Å²) in [7, 11) is 0. The predicted molar refractivity (Wildman–Crippen MR) is 75.4 cm³/mol. The number of carboxylic acid groups (broad SMARTS) is 2. The van der Waals surface area contributed by atoms with E-state index < -0.39 is 11.9 Å². The predicted octanol–water partition coefficient (Wildman–Crippen LogP) is 1.57. The third-order valence-electron chi connectivity index (χ3n) is 2.91. The van der Waals surface area contributed by atoms with Crippen LogP contribution in [0.3, 0.4) is 0 Å². The van der Waals surface area contributed by atoms with E-state index in [1.54, 1.807) is 24.5 Å². The Morgan fingerprint density at radius 3 is 2.05 bits per heavy atom. The van der Waals surface area contributed by atoms with Crippen LogP contribution in [0.25, 0.3) is 5.70 Å². The van der Waals surface area contributed by atoms with Crippen molar-refractivity contribution in [2.45, 2.75) is 6.42 Å². The monoisotopic (exact) mass is 284 g/mol. The van der Waals surface area contributed by atoms with E-state index in [1.165, 1.54) is 4.57 Å². The number of pyridine rings is 1. The summed E-state index contributed by atoms with van der Waals surface area (Å²) in [6, 6.07) is 13.4. The Bertz CT molecular complexity index is 675. The molecule has 1 heterocycles. The fourth-order valence-corrected chi connectivity index (χ4v) is 1.93. The van der Waals surface area contributed by atoms with E-state index in [9.17, 15) is 9.59 Å². The molecule has 0 amide bonds. The summed E-state index contributed by atoms with van der Waals surface area (Å²) in [6.45, 7) is 0. The first-order chi connectivity index (χ1) is 10.1. The molecule has 0 atom stereocenters. The minimum absolute atomic E-state index is 0.311. The van der Waals surface area contributed by atoms with E-state index in [2.05, 4.69) is 0 Å². The number of rotatable bonds is 5. The Morgan fingerprint density at radius 1 is 0.952 bits per heavy atom. The summed E-state index contributed by atoms with van der Waals surface area (Å²) < 4.78 is 1.27. The molecule has 0 radical (unpaired) electrons. The number of benzene rings is 1. The fourth-order valence-electron chi connectivity index (χ4n) is 1.93. The summed E-state index contributed by atoms with van der Waals surface area (Å²) in [4.78, 5) is 21.7. The molecule has 2 aromatic rings. The minimum atomic E-state index is -1.30. The number of carboxylic acids is 2. The molecule has 0 spiro atoms. The average Bonchev–Trinajstić information content (AvgIpc) is 2.46. The SMILES string of the molecule is O=C(O)/C=C(\C(=O)O)[n+]1ccc(Cc2ccccc2)cc1. The summed E-state index contributed by atoms with van der Waals surface area (Å²) in [5, 5.41) is 17.7. The summed E-state index contributed by atoms with van der Waals surface area (Å²) >= 11 is 0. The van der Waals surface area contributed by atoms with E-state index in [-0.39, 0.29) is 5.70 Å². The Morgan fingerprint density at radius 2 is 1.52 bits per heavy atom. The molecule has 106 valence electrons. The third-order valence-corrected chi connectivity index (χ3v) is 2.91. The van der Waals surface area contributed by atoms with Gasteiger partial charge < -0.3 is 10.2 Å². The van der Waals surface area contributed by atoms with Crippen LogP contribution in [-0.4, -0.2) is 22.2 Å². The molecule has 0 aliphatic heterocycles. The number of carbonyl (C=O) groups is 2. The van der Waals surface area contributed by atoms with Gasteiger partial charge in [-0.3, -0.25) is 0 Å². The molecule has 2 N–H and O–H groups in total. The van der Waals surface area contributed by atoms with Gasteiger partial charge in [0.05, 0.1) is 0 Å². The molecule has 0 aliphatic carbocycles. The first kappa shape index (κ1) is 14.5. The van der Waals surface area contributed by atoms with Gasteiger partial charge in [-0.05, 0) is 17.5 Å². The molecule has 21 heavy (non-hydrogen) atoms. The van der Waals surface area contributed by atoms with Gasteiger partial charge >= 0.3 is 17.6 Å². The second-order valence-electron chi connectivity index (χ2n) is 4.45. The Kier molecular flexibility index (Phi) is 4.46. The van der Waals surface area contributed by atoms with Crippen LogP contribution in [0.4, 0.5) is 0 Å². The number of aliphatic carboxylic acids is 2. The van der Waals surface area contributed by atoms with Crippen LogP contribution in [0.2, 0.25) is 0 Å². The standard InChI is InChI=1S/C16H13NO4/c18-15(19)11-14(16(20)21)17-8-6-13(7-9-17)10-12-4-2-1-3-5-12/h1-9,11H,10H2,(H-,18,19,20,21)/p+1/b14-11+. The molecule has 5 heteroatoms. The van der Waals surface area contributed by atoms with Crippen LogP contribution < -0.4 is 4.57 Å². The van der Waals surface area contributed by atoms with Crippen molar-refractivity contribution in [3.8, 4) is 0 Å². The highest BCUT2D eigenvalue weighted by Crippen LogP contribution is 2.07. The maximum atomic E-state index is 11.1. The van der Waals surface area contributed by atoms with E-state index >= 15 is 0 Å². The fraction of sp³-hybridized carbons (Fsp3) is 0.0625. The molecular formula is C16H14NO4+. The normalized spacial score (nSPS) is 11.1. The lowest BCUT2D eigenvalue weighted by molar-refractivity contribution is -0.578. The van der Waals surface area contributed by atoms with Gasteiger partial charge in [-0.15, -0.1) is 0 Å². The molecule has 0 saturated heterocycles. The zero-order valence-electron chi connectivity index (χ0n) is 11.1. The van der Waals surface area contributed by atoms with E-state index in [0.717, 1.165) is 17.5 Å². The van der Waals surface area contributed by atoms with Crippen LogP contribution in [-0.2, 0) is 16.0 Å². The molecule has 0 saturated carbocycles. The molecule has 1 aromatic heterocycles. The van der Waals surface area contributed by atoms with Crippen molar-refractivity contribution in [2.75, 3.05) is 0 Å². The minimum Gasteiger partial charge on any atom is -0.478 e. The second kappa shape index (κ2) is 6.47. The lowest BCUT2D eigenvalue weighted by atomic mass is 10.1. The van der Waals surface area contributed by atoms with E-state index in [4.69, 9.17) is 10.2 Å². The van der Waals surface area contributed by atoms with Gasteiger partial charge in [-0.1, -0.05) is 30.3 Å². The smallest absolute Gasteiger partial charge is 0.402 e. The van der Waals surface area contributed by atoms with Gasteiger partial charge in [0, 0.05) is 12.1 Å². The van der Waals surface area contributed by atoms with Crippen LogP contribution in [0, 0.1) is 0 Å². The summed E-state index contributed by atoms with van der Waals surface area (Å²) in [6.07, 6.45) is 4.48. The van der Waals surface area contributed by atoms with Crippen LogP contribution in [0.5, 0.6) is 0 Å². The van der Waals surface area contributed by atoms with Crippen LogP contribution in [0.15, 0.2) is 60.9 Å². The highest BCUT2D eigenvalue weighted by molar-refractivity contribution is 6.09. The first-order valence-corrected chi connectivity index (χ1v) is 6.28. The maximum Gasteiger partial charge on any atom is 0.402 e. The largest absolute Gasteiger partial charge is 0.478 e. The molecule has 0 fully saturated rings. The molecule has 5 nitrogen and oxygen atoms in total. The van der Waals surface area contributed by atoms with E-state index in [0.29, 0.717) is 6.08 Å². The topological polar surface area (TPSA) is 78.5 Å². The zero-order valence-corrected chi connectivity index (χ0v) is 11.1. The highest BCUT2D eigenvalue weighted by atomic mass is 16.4. The Labute approximate surface area is 121 Å². The summed E-state index contributed by atoms with van der Waals surface area (Å²) in [5.41, 5.74) is 1.85. The number of hydrogen-bond acceptors (Lipinski definition) is 2. The van der Waals surface area contributed by atoms with Crippen molar-refractivity contribution in [1.29, 1.82) is 0 Å². The van der Waals surface area contributed by atoms with Gasteiger partial charge in [-0.2, -0.15) is 4.57 Å². The number of aromatic nitrogens is 1. The molecule has 0 aliphatic rings. The Balaban J connectivity index is 2.22. The number of nitrogens with zero attached hydrogens (tertiary/aromatic N) is 1. The average molecular weight is 284 g/mol.